The van der Waals surface area contributed by atoms with E-state index in [9.17, 15) is 14.2 Å². The van der Waals surface area contributed by atoms with Crippen molar-refractivity contribution in [3.8, 4) is 0 Å². The number of fused-ring (bicyclic) bond motifs is 1. The second-order valence-corrected chi connectivity index (χ2v) is 7.41. The number of hydrogen-bond donors (Lipinski definition) is 1. The molecule has 0 amide bonds. The smallest absolute Gasteiger partial charge is 0.363 e. The van der Waals surface area contributed by atoms with Crippen LogP contribution in [0.15, 0.2) is 24.3 Å². The number of carbonyl (C=O) groups is 2. The number of nitrogens with one attached hydrogen (secondary N) is 1. The highest BCUT2D eigenvalue weighted by molar-refractivity contribution is 7.62. The van der Waals surface area contributed by atoms with Crippen molar-refractivity contribution in [1.82, 2.24) is 4.98 Å². The second-order valence-electron chi connectivity index (χ2n) is 5.23. The third-order valence-electron chi connectivity index (χ3n) is 3.79. The Morgan fingerprint density at radius 1 is 1.04 bits per heavy atom. The van der Waals surface area contributed by atoms with Crippen LogP contribution >= 0.6 is 7.60 Å². The fraction of sp³-hybridized carbons (Fsp3) is 0.412. The zero-order chi connectivity index (χ0) is 19.3. The fourth-order valence-corrected chi connectivity index (χ4v) is 4.18. The Morgan fingerprint density at radius 3 is 2.08 bits per heavy atom. The van der Waals surface area contributed by atoms with Gasteiger partial charge in [-0.05, 0) is 19.9 Å². The zero-order valence-electron chi connectivity index (χ0n) is 15.1. The van der Waals surface area contributed by atoms with E-state index in [1.807, 2.05) is 0 Å². The second kappa shape index (κ2) is 8.49. The molecule has 1 aromatic heterocycles. The monoisotopic (exact) mass is 383 g/mol. The average Bonchev–Trinajstić information content (AvgIpc) is 3.01. The Morgan fingerprint density at radius 2 is 1.58 bits per heavy atom. The summed E-state index contributed by atoms with van der Waals surface area (Å²) in [5.41, 5.74) is 0.653. The first-order chi connectivity index (χ1) is 12.4. The molecule has 0 radical (unpaired) electrons. The number of H-pyrrole nitrogens is 1. The summed E-state index contributed by atoms with van der Waals surface area (Å²) in [6.07, 6.45) is 0. The van der Waals surface area contributed by atoms with Crippen molar-refractivity contribution in [3.63, 3.8) is 0 Å². The van der Waals surface area contributed by atoms with Crippen molar-refractivity contribution in [2.45, 2.75) is 19.8 Å². The lowest BCUT2D eigenvalue weighted by atomic mass is 10.1. The first kappa shape index (κ1) is 20.2. The van der Waals surface area contributed by atoms with E-state index in [0.29, 0.717) is 10.9 Å². The van der Waals surface area contributed by atoms with Crippen LogP contribution in [0, 0.1) is 0 Å². The molecule has 26 heavy (non-hydrogen) atoms. The summed E-state index contributed by atoms with van der Waals surface area (Å²) in [5.74, 6) is -3.05. The molecule has 1 N–H and O–H groups in total. The van der Waals surface area contributed by atoms with Crippen LogP contribution in [0.1, 0.15) is 25.5 Å². The maximum absolute atomic E-state index is 13.1. The molecule has 0 aliphatic rings. The van der Waals surface area contributed by atoms with E-state index in [0.717, 1.165) is 0 Å². The van der Waals surface area contributed by atoms with Crippen molar-refractivity contribution < 1.29 is 32.7 Å². The number of aromatic nitrogens is 1. The van der Waals surface area contributed by atoms with Gasteiger partial charge in [0, 0.05) is 25.1 Å². The first-order valence-corrected chi connectivity index (χ1v) is 9.63. The minimum atomic E-state index is -3.79. The van der Waals surface area contributed by atoms with Crippen LogP contribution in [0.25, 0.3) is 10.9 Å². The molecule has 0 aliphatic heterocycles. The van der Waals surface area contributed by atoms with Crippen molar-refractivity contribution in [1.29, 1.82) is 0 Å². The maximum Gasteiger partial charge on any atom is 0.363 e. The average molecular weight is 383 g/mol. The molecule has 2 aromatic rings. The molecule has 8 nitrogen and oxygen atoms in total. The van der Waals surface area contributed by atoms with Gasteiger partial charge >= 0.3 is 19.5 Å². The number of para-hydroxylation sites is 1. The maximum atomic E-state index is 13.1. The number of carbonyl (C=O) groups excluding carboxylic acids is 2. The van der Waals surface area contributed by atoms with Crippen molar-refractivity contribution >= 4 is 35.7 Å². The summed E-state index contributed by atoms with van der Waals surface area (Å²) in [4.78, 5) is 27.9. The molecule has 142 valence electrons. The lowest BCUT2D eigenvalue weighted by molar-refractivity contribution is -0.157. The van der Waals surface area contributed by atoms with Gasteiger partial charge in [-0.15, -0.1) is 0 Å². The molecule has 0 bridgehead atoms. The van der Waals surface area contributed by atoms with Crippen LogP contribution in [0.5, 0.6) is 0 Å². The van der Waals surface area contributed by atoms with Gasteiger partial charge in [0.25, 0.3) is 0 Å². The number of ether oxygens (including phenoxy) is 2. The molecular formula is C17H22NO7P. The molecule has 0 unspecified atom stereocenters. The van der Waals surface area contributed by atoms with Gasteiger partial charge in [0.2, 0.25) is 0 Å². The molecule has 0 spiro atoms. The van der Waals surface area contributed by atoms with Crippen LogP contribution in [0.3, 0.4) is 0 Å². The van der Waals surface area contributed by atoms with Gasteiger partial charge < -0.3 is 23.5 Å². The molecule has 0 saturated heterocycles. The van der Waals surface area contributed by atoms with Crippen LogP contribution in [0.2, 0.25) is 0 Å². The summed E-state index contributed by atoms with van der Waals surface area (Å²) in [5, 5.41) is 0.636. The molecular weight excluding hydrogens is 361 g/mol. The van der Waals surface area contributed by atoms with Gasteiger partial charge in [-0.25, -0.2) is 0 Å². The highest BCUT2D eigenvalue weighted by atomic mass is 31.2. The molecule has 0 aliphatic carbocycles. The topological polar surface area (TPSA) is 104 Å². The van der Waals surface area contributed by atoms with Gasteiger partial charge in [-0.2, -0.15) is 0 Å². The molecule has 0 saturated carbocycles. The minimum Gasteiger partial charge on any atom is -0.465 e. The Bertz CT molecular complexity index is 819. The normalized spacial score (nSPS) is 11.7. The Labute approximate surface area is 151 Å². The standard InChI is InChI=1S/C17H22NO7P/c1-5-24-16(19)13(17(20)25-6-2)14-15(26(21,22-3)23-4)11-9-7-8-10-12(11)18-14/h7-10,13,18H,5-6H2,1-4H3. The molecule has 0 fully saturated rings. The van der Waals surface area contributed by atoms with E-state index in [2.05, 4.69) is 4.98 Å². The van der Waals surface area contributed by atoms with Crippen LogP contribution in [-0.2, 0) is 32.7 Å². The Hall–Kier alpha value is -2.15. The van der Waals surface area contributed by atoms with Crippen LogP contribution in [-0.4, -0.2) is 44.4 Å². The van der Waals surface area contributed by atoms with Gasteiger partial charge in [0.15, 0.2) is 5.92 Å². The van der Waals surface area contributed by atoms with E-state index < -0.39 is 25.5 Å². The Balaban J connectivity index is 2.77. The van der Waals surface area contributed by atoms with E-state index in [4.69, 9.17) is 18.5 Å². The van der Waals surface area contributed by atoms with Crippen LogP contribution < -0.4 is 5.30 Å². The zero-order valence-corrected chi connectivity index (χ0v) is 16.0. The minimum absolute atomic E-state index is 0.0788. The highest BCUT2D eigenvalue weighted by Gasteiger charge is 2.41. The van der Waals surface area contributed by atoms with E-state index in [-0.39, 0.29) is 24.2 Å². The predicted octanol–water partition coefficient (Wildman–Crippen LogP) is 2.49. The van der Waals surface area contributed by atoms with Crippen molar-refractivity contribution in [2.75, 3.05) is 27.4 Å². The van der Waals surface area contributed by atoms with E-state index in [1.165, 1.54) is 14.2 Å². The fourth-order valence-electron chi connectivity index (χ4n) is 2.69. The summed E-state index contributed by atoms with van der Waals surface area (Å²) >= 11 is 0. The first-order valence-electron chi connectivity index (χ1n) is 8.09. The predicted molar refractivity (Wildman–Crippen MR) is 95.6 cm³/mol. The van der Waals surface area contributed by atoms with Crippen molar-refractivity contribution in [2.24, 2.45) is 0 Å². The Kier molecular flexibility index (Phi) is 6.58. The van der Waals surface area contributed by atoms with Gasteiger partial charge in [-0.3, -0.25) is 14.2 Å². The summed E-state index contributed by atoms with van der Waals surface area (Å²) in [7, 11) is -1.32. The van der Waals surface area contributed by atoms with Gasteiger partial charge in [0.1, 0.15) is 0 Å². The van der Waals surface area contributed by atoms with Gasteiger partial charge in [0.05, 0.1) is 24.2 Å². The summed E-state index contributed by atoms with van der Waals surface area (Å²) in [6.45, 7) is 3.41. The number of benzene rings is 1. The van der Waals surface area contributed by atoms with Crippen LogP contribution in [0.4, 0.5) is 0 Å². The number of hydrogen-bond acceptors (Lipinski definition) is 7. The van der Waals surface area contributed by atoms with Crippen molar-refractivity contribution in [3.05, 3.63) is 30.0 Å². The lowest BCUT2D eigenvalue weighted by Crippen LogP contribution is -2.30. The third kappa shape index (κ3) is 3.67. The number of esters is 2. The van der Waals surface area contributed by atoms with E-state index >= 15 is 0 Å². The summed E-state index contributed by atoms with van der Waals surface area (Å²) < 4.78 is 33.4. The quantitative estimate of drug-likeness (QED) is 0.424. The largest absolute Gasteiger partial charge is 0.465 e. The molecule has 1 aromatic carbocycles. The number of rotatable bonds is 8. The molecule has 0 atom stereocenters. The van der Waals surface area contributed by atoms with E-state index in [1.54, 1.807) is 38.1 Å². The third-order valence-corrected chi connectivity index (χ3v) is 5.79. The number of aromatic amines is 1. The molecule has 9 heteroatoms. The lowest BCUT2D eigenvalue weighted by Gasteiger charge is -2.19. The highest BCUT2D eigenvalue weighted by Crippen LogP contribution is 2.49. The van der Waals surface area contributed by atoms with Gasteiger partial charge in [-0.1, -0.05) is 18.2 Å². The SMILES string of the molecule is CCOC(=O)C(C(=O)OCC)c1[nH]c2ccccc2c1P(=O)(OC)OC. The molecule has 2 rings (SSSR count). The summed E-state index contributed by atoms with van der Waals surface area (Å²) in [6, 6.07) is 6.93. The molecule has 1 heterocycles.